The fraction of sp³-hybridized carbons (Fsp3) is 0.480. The summed E-state index contributed by atoms with van der Waals surface area (Å²) in [5, 5.41) is 0. The van der Waals surface area contributed by atoms with Crippen molar-refractivity contribution in [2.45, 2.75) is 49.0 Å². The van der Waals surface area contributed by atoms with Crippen LogP contribution in [0.25, 0.3) is 0 Å². The molecule has 182 valence electrons. The van der Waals surface area contributed by atoms with Gasteiger partial charge in [-0.25, -0.2) is 13.1 Å². The minimum atomic E-state index is -3.80. The Labute approximate surface area is 200 Å². The number of sulfonamides is 1. The molecule has 2 aliphatic heterocycles. The van der Waals surface area contributed by atoms with Gasteiger partial charge in [-0.15, -0.1) is 0 Å². The first-order valence-electron chi connectivity index (χ1n) is 11.7. The van der Waals surface area contributed by atoms with Crippen LogP contribution in [0.3, 0.4) is 0 Å². The van der Waals surface area contributed by atoms with Crippen molar-refractivity contribution in [2.24, 2.45) is 0 Å². The molecule has 5 rings (SSSR count). The Kier molecular flexibility index (Phi) is 5.72. The fourth-order valence-corrected chi connectivity index (χ4v) is 6.57. The van der Waals surface area contributed by atoms with Crippen molar-refractivity contribution in [1.82, 2.24) is 9.62 Å². The normalized spacial score (nSPS) is 20.8. The monoisotopic (exact) mass is 486 g/mol. The van der Waals surface area contributed by atoms with Gasteiger partial charge in [-0.2, -0.15) is 0 Å². The predicted molar refractivity (Wildman–Crippen MR) is 126 cm³/mol. The molecule has 0 aromatic heterocycles. The number of ether oxygens (including phenoxy) is 3. The van der Waals surface area contributed by atoms with Crippen LogP contribution in [0.2, 0.25) is 0 Å². The van der Waals surface area contributed by atoms with Gasteiger partial charge >= 0.3 is 0 Å². The fourth-order valence-electron chi connectivity index (χ4n) is 5.65. The number of rotatable bonds is 4. The van der Waals surface area contributed by atoms with Crippen molar-refractivity contribution >= 4 is 15.9 Å². The number of hydrogen-bond acceptors (Lipinski definition) is 6. The lowest BCUT2D eigenvalue weighted by Crippen LogP contribution is -2.48. The number of nitrogens with one attached hydrogen (secondary N) is 1. The number of carbonyl (C=O) groups excluding carboxylic acids is 1. The molecule has 0 radical (unpaired) electrons. The van der Waals surface area contributed by atoms with E-state index in [-0.39, 0.29) is 28.0 Å². The number of amides is 1. The molecule has 1 saturated carbocycles. The number of hydrogen-bond donors (Lipinski definition) is 1. The van der Waals surface area contributed by atoms with E-state index in [1.54, 1.807) is 6.07 Å². The van der Waals surface area contributed by atoms with Gasteiger partial charge in [0.1, 0.15) is 23.9 Å². The van der Waals surface area contributed by atoms with Gasteiger partial charge in [0.2, 0.25) is 10.0 Å². The Bertz CT molecular complexity index is 1240. The zero-order valence-electron chi connectivity index (χ0n) is 19.7. The number of nitrogens with zero attached hydrogens (tertiary/aromatic N) is 1. The van der Waals surface area contributed by atoms with Crippen LogP contribution in [0.15, 0.2) is 35.2 Å². The van der Waals surface area contributed by atoms with Gasteiger partial charge < -0.3 is 19.1 Å². The third-order valence-electron chi connectivity index (χ3n) is 7.47. The van der Waals surface area contributed by atoms with Crippen LogP contribution in [-0.2, 0) is 15.4 Å². The molecule has 2 heterocycles. The van der Waals surface area contributed by atoms with Crippen molar-refractivity contribution in [3.63, 3.8) is 0 Å². The second kappa shape index (κ2) is 8.46. The standard InChI is InChI=1S/C25H30N2O6S/c1-16-18-13-21-22(33-11-10-32-21)14-19(18)25(8-4-5-9-25)15-27(16)24(28)17-6-7-20(31-3)23(12-17)34(29,30)26-2/h6-7,12-14,16,26H,4-5,8-11,15H2,1-3H3/t16-/m0/s1. The van der Waals surface area contributed by atoms with E-state index in [0.29, 0.717) is 31.1 Å². The molecule has 1 atom stereocenters. The minimum absolute atomic E-state index is 0.0522. The van der Waals surface area contributed by atoms with Crippen LogP contribution in [0.4, 0.5) is 0 Å². The van der Waals surface area contributed by atoms with Crippen LogP contribution in [0.1, 0.15) is 60.1 Å². The summed E-state index contributed by atoms with van der Waals surface area (Å²) in [6.07, 6.45) is 4.21. The molecule has 2 aromatic rings. The third kappa shape index (κ3) is 3.62. The summed E-state index contributed by atoms with van der Waals surface area (Å²) >= 11 is 0. The maximum absolute atomic E-state index is 13.8. The largest absolute Gasteiger partial charge is 0.495 e. The highest BCUT2D eigenvalue weighted by molar-refractivity contribution is 7.89. The Morgan fingerprint density at radius 1 is 1.12 bits per heavy atom. The summed E-state index contributed by atoms with van der Waals surface area (Å²) < 4.78 is 44.4. The van der Waals surface area contributed by atoms with Crippen LogP contribution >= 0.6 is 0 Å². The number of methoxy groups -OCH3 is 1. The van der Waals surface area contributed by atoms with Gasteiger partial charge in [0.25, 0.3) is 5.91 Å². The quantitative estimate of drug-likeness (QED) is 0.712. The molecule has 0 unspecified atom stereocenters. The molecular formula is C25H30N2O6S. The third-order valence-corrected chi connectivity index (χ3v) is 8.90. The molecule has 1 aliphatic carbocycles. The first-order chi connectivity index (χ1) is 16.3. The molecule has 1 N–H and O–H groups in total. The molecule has 3 aliphatic rings. The van der Waals surface area contributed by atoms with Gasteiger partial charge in [-0.05, 0) is 68.3 Å². The van der Waals surface area contributed by atoms with Crippen LogP contribution < -0.4 is 18.9 Å². The Morgan fingerprint density at radius 3 is 2.44 bits per heavy atom. The zero-order chi connectivity index (χ0) is 24.1. The van der Waals surface area contributed by atoms with Crippen molar-refractivity contribution in [1.29, 1.82) is 0 Å². The lowest BCUT2D eigenvalue weighted by molar-refractivity contribution is 0.0593. The summed E-state index contributed by atoms with van der Waals surface area (Å²) in [6.45, 7) is 3.64. The number of carbonyl (C=O) groups is 1. The van der Waals surface area contributed by atoms with E-state index in [0.717, 1.165) is 37.0 Å². The maximum Gasteiger partial charge on any atom is 0.254 e. The SMILES string of the molecule is CNS(=O)(=O)c1cc(C(=O)N2CC3(CCCC3)c3cc4c(cc3[C@@H]2C)OCCO4)ccc1OC. The molecule has 1 amide bonds. The highest BCUT2D eigenvalue weighted by Crippen LogP contribution is 2.52. The van der Waals surface area contributed by atoms with Gasteiger partial charge in [0, 0.05) is 17.5 Å². The molecule has 0 saturated heterocycles. The molecule has 1 spiro atoms. The highest BCUT2D eigenvalue weighted by atomic mass is 32.2. The second-order valence-corrected chi connectivity index (χ2v) is 11.1. The lowest BCUT2D eigenvalue weighted by atomic mass is 9.71. The van der Waals surface area contributed by atoms with E-state index in [4.69, 9.17) is 14.2 Å². The summed E-state index contributed by atoms with van der Waals surface area (Å²) in [4.78, 5) is 15.7. The highest BCUT2D eigenvalue weighted by Gasteiger charge is 2.46. The molecule has 0 bridgehead atoms. The molecule has 34 heavy (non-hydrogen) atoms. The van der Waals surface area contributed by atoms with Crippen molar-refractivity contribution in [3.05, 3.63) is 47.0 Å². The van der Waals surface area contributed by atoms with Crippen LogP contribution in [0, 0.1) is 0 Å². The first kappa shape index (κ1) is 23.0. The van der Waals surface area contributed by atoms with E-state index in [1.807, 2.05) is 17.9 Å². The smallest absolute Gasteiger partial charge is 0.254 e. The second-order valence-electron chi connectivity index (χ2n) is 9.25. The number of fused-ring (bicyclic) bond motifs is 3. The molecule has 9 heteroatoms. The van der Waals surface area contributed by atoms with E-state index in [1.165, 1.54) is 31.9 Å². The summed E-state index contributed by atoms with van der Waals surface area (Å²) in [5.41, 5.74) is 2.50. The molecule has 8 nitrogen and oxygen atoms in total. The Balaban J connectivity index is 1.58. The Hall–Kier alpha value is -2.78. The van der Waals surface area contributed by atoms with Gasteiger partial charge in [-0.3, -0.25) is 4.79 Å². The van der Waals surface area contributed by atoms with E-state index >= 15 is 0 Å². The first-order valence-corrected chi connectivity index (χ1v) is 13.1. The van der Waals surface area contributed by atoms with Gasteiger partial charge in [-0.1, -0.05) is 12.8 Å². The zero-order valence-corrected chi connectivity index (χ0v) is 20.5. The van der Waals surface area contributed by atoms with Crippen molar-refractivity contribution in [3.8, 4) is 17.2 Å². The minimum Gasteiger partial charge on any atom is -0.495 e. The van der Waals surface area contributed by atoms with Gasteiger partial charge in [0.05, 0.1) is 13.2 Å². The van der Waals surface area contributed by atoms with E-state index in [2.05, 4.69) is 10.8 Å². The summed E-state index contributed by atoms with van der Waals surface area (Å²) in [6, 6.07) is 8.52. The van der Waals surface area contributed by atoms with Crippen molar-refractivity contribution in [2.75, 3.05) is 33.9 Å². The molecular weight excluding hydrogens is 456 g/mol. The number of benzene rings is 2. The summed E-state index contributed by atoms with van der Waals surface area (Å²) in [7, 11) is -1.05. The maximum atomic E-state index is 13.8. The van der Waals surface area contributed by atoms with Crippen LogP contribution in [0.5, 0.6) is 17.2 Å². The predicted octanol–water partition coefficient (Wildman–Crippen LogP) is 3.40. The molecule has 1 fully saturated rings. The van der Waals surface area contributed by atoms with Crippen LogP contribution in [-0.4, -0.2) is 53.1 Å². The lowest BCUT2D eigenvalue weighted by Gasteiger charge is -2.46. The average Bonchev–Trinajstić information content (AvgIpc) is 3.34. The topological polar surface area (TPSA) is 94.2 Å². The average molecular weight is 487 g/mol. The van der Waals surface area contributed by atoms with E-state index in [9.17, 15) is 13.2 Å². The molecule has 2 aromatic carbocycles. The summed E-state index contributed by atoms with van der Waals surface area (Å²) in [5.74, 6) is 1.49. The van der Waals surface area contributed by atoms with Crippen molar-refractivity contribution < 1.29 is 27.4 Å². The van der Waals surface area contributed by atoms with E-state index < -0.39 is 10.0 Å². The van der Waals surface area contributed by atoms with Gasteiger partial charge in [0.15, 0.2) is 11.5 Å². The Morgan fingerprint density at radius 2 is 1.79 bits per heavy atom.